The highest BCUT2D eigenvalue weighted by atomic mass is 32.1. The molecule has 1 aliphatic rings. The molecule has 30 heavy (non-hydrogen) atoms. The first-order valence-electron chi connectivity index (χ1n) is 10.1. The highest BCUT2D eigenvalue weighted by Gasteiger charge is 2.34. The zero-order valence-electron chi connectivity index (χ0n) is 16.9. The van der Waals surface area contributed by atoms with E-state index in [0.29, 0.717) is 30.6 Å². The van der Waals surface area contributed by atoms with Crippen molar-refractivity contribution in [2.45, 2.75) is 33.1 Å². The number of nitrogens with zero attached hydrogens (tertiary/aromatic N) is 3. The van der Waals surface area contributed by atoms with Crippen LogP contribution in [0.25, 0.3) is 10.9 Å². The van der Waals surface area contributed by atoms with Gasteiger partial charge in [0.15, 0.2) is 0 Å². The summed E-state index contributed by atoms with van der Waals surface area (Å²) >= 11 is 1.37. The molecule has 9 heteroatoms. The number of benzene rings is 1. The van der Waals surface area contributed by atoms with E-state index in [1.54, 1.807) is 11.0 Å². The molecule has 0 bridgehead atoms. The fourth-order valence-corrected chi connectivity index (χ4v) is 4.67. The summed E-state index contributed by atoms with van der Waals surface area (Å²) in [6, 6.07) is 4.62. The molecule has 2 N–H and O–H groups in total. The lowest BCUT2D eigenvalue weighted by atomic mass is 10.1. The van der Waals surface area contributed by atoms with E-state index >= 15 is 0 Å². The Hall–Kier alpha value is -2.81. The number of hydrogen-bond donors (Lipinski definition) is 2. The second kappa shape index (κ2) is 8.51. The Morgan fingerprint density at radius 3 is 3.03 bits per heavy atom. The van der Waals surface area contributed by atoms with E-state index in [1.165, 1.54) is 23.5 Å². The van der Waals surface area contributed by atoms with Gasteiger partial charge in [0.2, 0.25) is 16.9 Å². The second-order valence-corrected chi connectivity index (χ2v) is 9.14. The summed E-state index contributed by atoms with van der Waals surface area (Å²) in [5.74, 6) is -0.469. The Morgan fingerprint density at radius 2 is 2.23 bits per heavy atom. The number of fused-ring (bicyclic) bond motifs is 1. The number of halogens is 1. The van der Waals surface area contributed by atoms with Crippen LogP contribution in [-0.2, 0) is 22.4 Å². The van der Waals surface area contributed by atoms with Gasteiger partial charge >= 0.3 is 0 Å². The van der Waals surface area contributed by atoms with Crippen molar-refractivity contribution < 1.29 is 14.0 Å². The molecule has 3 aromatic rings. The maximum Gasteiger partial charge on any atom is 0.231 e. The molecule has 0 radical (unpaired) electrons. The van der Waals surface area contributed by atoms with Gasteiger partial charge in [0, 0.05) is 43.0 Å². The molecule has 1 saturated heterocycles. The van der Waals surface area contributed by atoms with Crippen LogP contribution >= 0.6 is 11.3 Å². The van der Waals surface area contributed by atoms with Crippen molar-refractivity contribution in [2.24, 2.45) is 11.8 Å². The number of amides is 2. The highest BCUT2D eigenvalue weighted by Crippen LogP contribution is 2.24. The van der Waals surface area contributed by atoms with Crippen LogP contribution in [0, 0.1) is 17.7 Å². The van der Waals surface area contributed by atoms with Gasteiger partial charge in [0.05, 0.1) is 5.92 Å². The summed E-state index contributed by atoms with van der Waals surface area (Å²) in [4.78, 5) is 29.8. The molecule has 1 aromatic carbocycles. The van der Waals surface area contributed by atoms with Crippen molar-refractivity contribution in [2.75, 3.05) is 18.4 Å². The quantitative estimate of drug-likeness (QED) is 0.602. The third kappa shape index (κ3) is 4.51. The topological polar surface area (TPSA) is 91.0 Å². The Kier molecular flexibility index (Phi) is 5.80. The Balaban J connectivity index is 1.33. The molecule has 4 rings (SSSR count). The van der Waals surface area contributed by atoms with Gasteiger partial charge in [-0.2, -0.15) is 0 Å². The van der Waals surface area contributed by atoms with Gasteiger partial charge in [-0.3, -0.25) is 9.59 Å². The van der Waals surface area contributed by atoms with Crippen LogP contribution in [0.5, 0.6) is 0 Å². The fourth-order valence-electron chi connectivity index (χ4n) is 3.72. The average Bonchev–Trinajstić information content (AvgIpc) is 3.39. The van der Waals surface area contributed by atoms with Crippen LogP contribution in [0.2, 0.25) is 0 Å². The molecule has 1 fully saturated rings. The van der Waals surface area contributed by atoms with E-state index in [-0.39, 0.29) is 24.1 Å². The third-order valence-corrected chi connectivity index (χ3v) is 6.11. The summed E-state index contributed by atoms with van der Waals surface area (Å²) in [7, 11) is 0. The molecule has 1 atom stereocenters. The monoisotopic (exact) mass is 429 g/mol. The normalized spacial score (nSPS) is 16.7. The summed E-state index contributed by atoms with van der Waals surface area (Å²) < 4.78 is 13.5. The standard InChI is InChI=1S/C21H24FN5O2S/c1-12(2)7-18-25-26-21(30-18)24-20(29)14-8-19(28)27(11-14)6-5-13-10-23-17-4-3-15(22)9-16(13)17/h3-4,9-10,12,14,23H,5-8,11H2,1-2H3,(H,24,26,29)/t14-/m0/s1. The minimum absolute atomic E-state index is 0.0427. The molecule has 158 valence electrons. The van der Waals surface area contributed by atoms with Crippen molar-refractivity contribution >= 4 is 39.2 Å². The van der Waals surface area contributed by atoms with Gasteiger partial charge in [-0.1, -0.05) is 25.2 Å². The van der Waals surface area contributed by atoms with Gasteiger partial charge in [0.1, 0.15) is 10.8 Å². The number of rotatable bonds is 7. The lowest BCUT2D eigenvalue weighted by Crippen LogP contribution is -2.30. The first kappa shape index (κ1) is 20.5. The predicted molar refractivity (Wildman–Crippen MR) is 114 cm³/mol. The molecule has 0 spiro atoms. The highest BCUT2D eigenvalue weighted by molar-refractivity contribution is 7.15. The SMILES string of the molecule is CC(C)Cc1nnc(NC(=O)[C@H]2CC(=O)N(CCc3c[nH]c4ccc(F)cc34)C2)s1. The summed E-state index contributed by atoms with van der Waals surface area (Å²) in [6.07, 6.45) is 3.45. The Bertz CT molecular complexity index is 1080. The molecule has 2 amide bonds. The van der Waals surface area contributed by atoms with Crippen LogP contribution in [-0.4, -0.2) is 45.0 Å². The van der Waals surface area contributed by atoms with Crippen LogP contribution in [0.15, 0.2) is 24.4 Å². The van der Waals surface area contributed by atoms with Crippen LogP contribution in [0.3, 0.4) is 0 Å². The largest absolute Gasteiger partial charge is 0.361 e. The Morgan fingerprint density at radius 1 is 1.40 bits per heavy atom. The van der Waals surface area contributed by atoms with Crippen LogP contribution in [0.4, 0.5) is 9.52 Å². The van der Waals surface area contributed by atoms with Crippen LogP contribution < -0.4 is 5.32 Å². The maximum absolute atomic E-state index is 13.5. The lowest BCUT2D eigenvalue weighted by molar-refractivity contribution is -0.128. The van der Waals surface area contributed by atoms with E-state index in [1.807, 2.05) is 6.20 Å². The number of aromatic nitrogens is 3. The van der Waals surface area contributed by atoms with Gasteiger partial charge in [-0.15, -0.1) is 10.2 Å². The Labute approximate surface area is 177 Å². The molecule has 7 nitrogen and oxygen atoms in total. The first-order valence-corrected chi connectivity index (χ1v) is 10.9. The predicted octanol–water partition coefficient (Wildman–Crippen LogP) is 3.39. The number of H-pyrrole nitrogens is 1. The van der Waals surface area contributed by atoms with Crippen LogP contribution in [0.1, 0.15) is 30.8 Å². The number of nitrogens with one attached hydrogen (secondary N) is 2. The van der Waals surface area contributed by atoms with Crippen molar-refractivity contribution in [3.8, 4) is 0 Å². The molecular formula is C21H24FN5O2S. The van der Waals surface area contributed by atoms with E-state index in [4.69, 9.17) is 0 Å². The molecule has 3 heterocycles. The summed E-state index contributed by atoms with van der Waals surface area (Å²) in [5, 5.41) is 13.1. The van der Waals surface area contributed by atoms with E-state index in [0.717, 1.165) is 27.9 Å². The number of carbonyl (C=O) groups is 2. The fraction of sp³-hybridized carbons (Fsp3) is 0.429. The van der Waals surface area contributed by atoms with Gasteiger partial charge in [-0.25, -0.2) is 4.39 Å². The zero-order chi connectivity index (χ0) is 21.3. The maximum atomic E-state index is 13.5. The van der Waals surface area contributed by atoms with Crippen molar-refractivity contribution in [1.82, 2.24) is 20.1 Å². The van der Waals surface area contributed by atoms with Crippen molar-refractivity contribution in [3.05, 3.63) is 40.8 Å². The molecule has 2 aromatic heterocycles. The van der Waals surface area contributed by atoms with Crippen molar-refractivity contribution in [1.29, 1.82) is 0 Å². The van der Waals surface area contributed by atoms with E-state index in [2.05, 4.69) is 34.3 Å². The smallest absolute Gasteiger partial charge is 0.231 e. The molecule has 0 saturated carbocycles. The molecule has 1 aliphatic heterocycles. The summed E-state index contributed by atoms with van der Waals surface area (Å²) in [5.41, 5.74) is 1.82. The number of anilines is 1. The first-order chi connectivity index (χ1) is 14.4. The number of aromatic amines is 1. The number of hydrogen-bond acceptors (Lipinski definition) is 5. The van der Waals surface area contributed by atoms with Gasteiger partial charge < -0.3 is 15.2 Å². The second-order valence-electron chi connectivity index (χ2n) is 8.08. The van der Waals surface area contributed by atoms with E-state index < -0.39 is 5.92 Å². The minimum Gasteiger partial charge on any atom is -0.361 e. The average molecular weight is 430 g/mol. The molecule has 0 unspecified atom stereocenters. The number of likely N-dealkylation sites (tertiary alicyclic amines) is 1. The lowest BCUT2D eigenvalue weighted by Gasteiger charge is -2.16. The minimum atomic E-state index is -0.407. The van der Waals surface area contributed by atoms with Crippen molar-refractivity contribution in [3.63, 3.8) is 0 Å². The zero-order valence-corrected chi connectivity index (χ0v) is 17.8. The summed E-state index contributed by atoms with van der Waals surface area (Å²) in [6.45, 7) is 5.07. The molecule has 0 aliphatic carbocycles. The number of carbonyl (C=O) groups excluding carboxylic acids is 2. The van der Waals surface area contributed by atoms with Gasteiger partial charge in [-0.05, 0) is 36.1 Å². The molecular weight excluding hydrogens is 405 g/mol. The van der Waals surface area contributed by atoms with Gasteiger partial charge in [0.25, 0.3) is 0 Å². The third-order valence-electron chi connectivity index (χ3n) is 5.25. The van der Waals surface area contributed by atoms with E-state index in [9.17, 15) is 14.0 Å².